The number of aliphatic carboxylic acids is 1. The Kier molecular flexibility index (Phi) is 2.89. The van der Waals surface area contributed by atoms with Gasteiger partial charge in [-0.1, -0.05) is 54.6 Å². The van der Waals surface area contributed by atoms with E-state index >= 15 is 0 Å². The highest BCUT2D eigenvalue weighted by Crippen LogP contribution is 2.51. The van der Waals surface area contributed by atoms with E-state index in [1.54, 1.807) is 11.0 Å². The van der Waals surface area contributed by atoms with Gasteiger partial charge in [-0.3, -0.25) is 4.79 Å². The third-order valence-electron chi connectivity index (χ3n) is 5.69. The molecule has 126 valence electrons. The molecular weight excluding hydrogens is 318 g/mol. The monoisotopic (exact) mass is 334 g/mol. The van der Waals surface area contributed by atoms with Crippen molar-refractivity contribution >= 4 is 22.6 Å². The van der Waals surface area contributed by atoms with E-state index < -0.39 is 29.5 Å². The van der Waals surface area contributed by atoms with E-state index in [1.807, 2.05) is 48.5 Å². The molecule has 1 amide bonds. The summed E-state index contributed by atoms with van der Waals surface area (Å²) in [5.74, 6) is -2.94. The molecule has 3 aliphatic heterocycles. The van der Waals surface area contributed by atoms with Crippen molar-refractivity contribution in [3.8, 4) is 0 Å². The van der Waals surface area contributed by atoms with Crippen LogP contribution in [0.3, 0.4) is 0 Å². The summed E-state index contributed by atoms with van der Waals surface area (Å²) >= 11 is 0. The summed E-state index contributed by atoms with van der Waals surface area (Å²) in [7, 11) is 0. The van der Waals surface area contributed by atoms with Crippen molar-refractivity contribution in [3.05, 3.63) is 60.2 Å². The number of rotatable bonds is 3. The van der Waals surface area contributed by atoms with Crippen LogP contribution < -0.4 is 5.11 Å². The van der Waals surface area contributed by atoms with E-state index in [9.17, 15) is 14.7 Å². The molecule has 0 N–H and O–H groups in total. The van der Waals surface area contributed by atoms with Gasteiger partial charge in [-0.05, 0) is 16.3 Å². The molecule has 5 nitrogen and oxygen atoms in total. The van der Waals surface area contributed by atoms with Crippen LogP contribution >= 0.6 is 0 Å². The topological polar surface area (TPSA) is 69.7 Å². The number of carboxylic acid groups (broad SMARTS) is 1. The van der Waals surface area contributed by atoms with Crippen LogP contribution in [-0.4, -0.2) is 35.0 Å². The summed E-state index contributed by atoms with van der Waals surface area (Å²) in [6.45, 7) is 0.830. The Morgan fingerprint density at radius 3 is 2.88 bits per heavy atom. The number of ether oxygens (including phenoxy) is 1. The predicted octanol–water partition coefficient (Wildman–Crippen LogP) is 0.872. The summed E-state index contributed by atoms with van der Waals surface area (Å²) in [5.41, 5.74) is 0.239. The number of likely N-dealkylation sites (tertiary alicyclic amines) is 1. The van der Waals surface area contributed by atoms with Crippen LogP contribution in [-0.2, 0) is 20.9 Å². The number of carbonyl (C=O) groups excluding carboxylic acids is 2. The molecule has 1 spiro atoms. The van der Waals surface area contributed by atoms with Crippen molar-refractivity contribution in [1.82, 2.24) is 4.90 Å². The highest BCUT2D eigenvalue weighted by atomic mass is 16.5. The van der Waals surface area contributed by atoms with Crippen molar-refractivity contribution < 1.29 is 19.4 Å². The zero-order valence-corrected chi connectivity index (χ0v) is 13.4. The maximum atomic E-state index is 12.9. The number of carboxylic acids is 1. The van der Waals surface area contributed by atoms with E-state index in [1.165, 1.54) is 0 Å². The van der Waals surface area contributed by atoms with Gasteiger partial charge in [-0.25, -0.2) is 0 Å². The Bertz CT molecular complexity index is 931. The summed E-state index contributed by atoms with van der Waals surface area (Å²) in [5, 5.41) is 13.7. The quantitative estimate of drug-likeness (QED) is 0.781. The highest BCUT2D eigenvalue weighted by molar-refractivity contribution is 5.91. The normalized spacial score (nSPS) is 32.6. The van der Waals surface area contributed by atoms with E-state index in [-0.39, 0.29) is 5.91 Å². The van der Waals surface area contributed by atoms with Crippen molar-refractivity contribution in [2.75, 3.05) is 6.54 Å². The van der Waals surface area contributed by atoms with E-state index in [4.69, 9.17) is 4.74 Å². The fourth-order valence-corrected chi connectivity index (χ4v) is 4.62. The van der Waals surface area contributed by atoms with E-state index in [2.05, 4.69) is 0 Å². The van der Waals surface area contributed by atoms with Gasteiger partial charge < -0.3 is 19.5 Å². The molecular formula is C20H16NO4-. The van der Waals surface area contributed by atoms with Crippen molar-refractivity contribution in [2.45, 2.75) is 18.2 Å². The number of hydrogen-bond donors (Lipinski definition) is 0. The lowest BCUT2D eigenvalue weighted by molar-refractivity contribution is -0.313. The lowest BCUT2D eigenvalue weighted by Gasteiger charge is -2.24. The lowest BCUT2D eigenvalue weighted by Crippen LogP contribution is -2.45. The molecule has 25 heavy (non-hydrogen) atoms. The van der Waals surface area contributed by atoms with Gasteiger partial charge in [-0.2, -0.15) is 0 Å². The summed E-state index contributed by atoms with van der Waals surface area (Å²) in [4.78, 5) is 26.2. The lowest BCUT2D eigenvalue weighted by atomic mass is 9.77. The number of fused-ring (bicyclic) bond motifs is 2. The Hall–Kier alpha value is -2.66. The van der Waals surface area contributed by atoms with Gasteiger partial charge in [0.25, 0.3) is 0 Å². The van der Waals surface area contributed by atoms with Crippen LogP contribution in [0.15, 0.2) is 54.6 Å². The molecule has 2 saturated heterocycles. The first-order valence-corrected chi connectivity index (χ1v) is 8.42. The largest absolute Gasteiger partial charge is 0.550 e. The first kappa shape index (κ1) is 14.7. The van der Waals surface area contributed by atoms with Crippen molar-refractivity contribution in [3.63, 3.8) is 0 Å². The Labute approximate surface area is 144 Å². The Morgan fingerprint density at radius 2 is 2.04 bits per heavy atom. The Balaban J connectivity index is 1.50. The number of amides is 1. The van der Waals surface area contributed by atoms with E-state index in [0.29, 0.717) is 13.1 Å². The highest BCUT2D eigenvalue weighted by Gasteiger charge is 2.65. The molecule has 2 aromatic carbocycles. The minimum atomic E-state index is -1.21. The van der Waals surface area contributed by atoms with Crippen LogP contribution in [0.1, 0.15) is 5.56 Å². The summed E-state index contributed by atoms with van der Waals surface area (Å²) in [6, 6.07) is 14.1. The maximum Gasteiger partial charge on any atom is 0.230 e. The second-order valence-corrected chi connectivity index (χ2v) is 7.05. The molecule has 0 radical (unpaired) electrons. The molecule has 2 bridgehead atoms. The smallest absolute Gasteiger partial charge is 0.230 e. The molecule has 3 heterocycles. The minimum absolute atomic E-state index is 0.158. The van der Waals surface area contributed by atoms with Crippen molar-refractivity contribution in [1.29, 1.82) is 0 Å². The number of carbonyl (C=O) groups is 2. The first-order valence-electron chi connectivity index (χ1n) is 8.42. The number of hydrogen-bond acceptors (Lipinski definition) is 4. The number of nitrogens with zero attached hydrogens (tertiary/aromatic N) is 1. The average molecular weight is 334 g/mol. The maximum absolute atomic E-state index is 12.9. The fourth-order valence-electron chi connectivity index (χ4n) is 4.62. The van der Waals surface area contributed by atoms with Gasteiger partial charge in [0.2, 0.25) is 5.91 Å². The second-order valence-electron chi connectivity index (χ2n) is 7.05. The Morgan fingerprint density at radius 1 is 1.24 bits per heavy atom. The van der Waals surface area contributed by atoms with Gasteiger partial charge in [0.1, 0.15) is 5.60 Å². The third-order valence-corrected chi connectivity index (χ3v) is 5.69. The molecule has 5 rings (SSSR count). The summed E-state index contributed by atoms with van der Waals surface area (Å²) < 4.78 is 5.89. The molecule has 0 aromatic heterocycles. The van der Waals surface area contributed by atoms with Gasteiger partial charge in [0.05, 0.1) is 18.6 Å². The van der Waals surface area contributed by atoms with Gasteiger partial charge in [-0.15, -0.1) is 0 Å². The first-order chi connectivity index (χ1) is 12.1. The number of benzene rings is 2. The third kappa shape index (κ3) is 1.93. The molecule has 4 atom stereocenters. The van der Waals surface area contributed by atoms with Crippen LogP contribution in [0, 0.1) is 11.8 Å². The van der Waals surface area contributed by atoms with Gasteiger partial charge in [0, 0.05) is 18.4 Å². The van der Waals surface area contributed by atoms with Crippen LogP contribution in [0.4, 0.5) is 0 Å². The summed E-state index contributed by atoms with van der Waals surface area (Å²) in [6.07, 6.45) is 3.08. The van der Waals surface area contributed by atoms with Crippen LogP contribution in [0.25, 0.3) is 10.8 Å². The predicted molar refractivity (Wildman–Crippen MR) is 88.1 cm³/mol. The average Bonchev–Trinajstić information content (AvgIpc) is 3.24. The molecule has 2 fully saturated rings. The zero-order chi connectivity index (χ0) is 17.2. The second kappa shape index (κ2) is 4.92. The van der Waals surface area contributed by atoms with Crippen LogP contribution in [0.2, 0.25) is 0 Å². The standard InChI is InChI=1S/C20H17NO4/c22-18-17-16(19(23)24)15-8-9-20(17,25-15)11-21(18)10-13-6-3-5-12-4-1-2-7-14(12)13/h1-9,15-17H,10-11H2,(H,23,24)/p-1/t15-,16-,17+,20-/m0/s1. The fraction of sp³-hybridized carbons (Fsp3) is 0.300. The zero-order valence-electron chi connectivity index (χ0n) is 13.4. The van der Waals surface area contributed by atoms with Gasteiger partial charge in [0.15, 0.2) is 0 Å². The molecule has 2 aromatic rings. The van der Waals surface area contributed by atoms with Gasteiger partial charge >= 0.3 is 0 Å². The van der Waals surface area contributed by atoms with Crippen molar-refractivity contribution in [2.24, 2.45) is 11.8 Å². The minimum Gasteiger partial charge on any atom is -0.550 e. The SMILES string of the molecule is O=C([O-])[C@H]1[C@@H]2C=C[C@@]3(CN(Cc4cccc5ccccc45)C(=O)[C@@H]13)O2. The molecule has 5 heteroatoms. The molecule has 0 aliphatic carbocycles. The van der Waals surface area contributed by atoms with E-state index in [0.717, 1.165) is 16.3 Å². The molecule has 0 unspecified atom stereocenters. The van der Waals surface area contributed by atoms with Crippen LogP contribution in [0.5, 0.6) is 0 Å². The molecule has 3 aliphatic rings. The molecule has 0 saturated carbocycles.